The third kappa shape index (κ3) is 4.58. The predicted molar refractivity (Wildman–Crippen MR) is 79.5 cm³/mol. The Bertz CT molecular complexity index is 570. The molecule has 0 bridgehead atoms. The van der Waals surface area contributed by atoms with E-state index in [1.54, 1.807) is 20.8 Å². The van der Waals surface area contributed by atoms with Crippen molar-refractivity contribution in [3.05, 3.63) is 33.6 Å². The first-order valence-corrected chi connectivity index (χ1v) is 6.98. The molecule has 0 heterocycles. The summed E-state index contributed by atoms with van der Waals surface area (Å²) in [5.74, 6) is -2.31. The molecule has 0 aliphatic rings. The molecule has 4 nitrogen and oxygen atoms in total. The Morgan fingerprint density at radius 1 is 1.24 bits per heavy atom. The van der Waals surface area contributed by atoms with Crippen molar-refractivity contribution in [1.82, 2.24) is 4.90 Å². The fraction of sp³-hybridized carbons (Fsp3) is 0.429. The van der Waals surface area contributed by atoms with Crippen molar-refractivity contribution in [2.75, 3.05) is 6.54 Å². The summed E-state index contributed by atoms with van der Waals surface area (Å²) in [6.45, 7) is 5.27. The van der Waals surface area contributed by atoms with Gasteiger partial charge in [-0.05, 0) is 32.9 Å². The van der Waals surface area contributed by atoms with E-state index in [9.17, 15) is 14.0 Å². The molecule has 0 atom stereocenters. The van der Waals surface area contributed by atoms with Crippen molar-refractivity contribution in [1.29, 1.82) is 0 Å². The van der Waals surface area contributed by atoms with Crippen molar-refractivity contribution in [2.24, 2.45) is 0 Å². The largest absolute Gasteiger partial charge is 0.481 e. The summed E-state index contributed by atoms with van der Waals surface area (Å²) in [5.41, 5.74) is -0.676. The molecule has 0 aromatic heterocycles. The predicted octanol–water partition coefficient (Wildman–Crippen LogP) is 3.85. The number of benzene rings is 1. The molecule has 0 saturated heterocycles. The van der Waals surface area contributed by atoms with E-state index < -0.39 is 23.2 Å². The highest BCUT2D eigenvalue weighted by molar-refractivity contribution is 6.36. The van der Waals surface area contributed by atoms with Crippen molar-refractivity contribution < 1.29 is 19.1 Å². The smallest absolute Gasteiger partial charge is 0.305 e. The normalized spacial score (nSPS) is 11.3. The molecular weight excluding hydrogens is 320 g/mol. The number of carbonyl (C=O) groups excluding carboxylic acids is 1. The summed E-state index contributed by atoms with van der Waals surface area (Å²) in [4.78, 5) is 24.6. The molecule has 1 rings (SSSR count). The Labute approximate surface area is 132 Å². The van der Waals surface area contributed by atoms with Crippen LogP contribution in [0.25, 0.3) is 0 Å². The summed E-state index contributed by atoms with van der Waals surface area (Å²) >= 11 is 11.5. The van der Waals surface area contributed by atoms with Crippen molar-refractivity contribution in [3.8, 4) is 0 Å². The third-order valence-corrected chi connectivity index (χ3v) is 3.45. The molecule has 0 spiro atoms. The van der Waals surface area contributed by atoms with E-state index in [4.69, 9.17) is 28.3 Å². The molecule has 7 heteroatoms. The molecule has 0 fully saturated rings. The highest BCUT2D eigenvalue weighted by Crippen LogP contribution is 2.27. The maximum atomic E-state index is 13.5. The Hall–Kier alpha value is -1.33. The minimum absolute atomic E-state index is 0.00175. The summed E-state index contributed by atoms with van der Waals surface area (Å²) in [7, 11) is 0. The Kier molecular flexibility index (Phi) is 5.59. The van der Waals surface area contributed by atoms with Gasteiger partial charge in [0.1, 0.15) is 5.82 Å². The van der Waals surface area contributed by atoms with Gasteiger partial charge < -0.3 is 10.0 Å². The van der Waals surface area contributed by atoms with Gasteiger partial charge >= 0.3 is 5.97 Å². The molecule has 21 heavy (non-hydrogen) atoms. The standard InChI is InChI=1S/C14H16Cl2FNO3/c1-14(2,3)18(5-4-12(19)20)13(21)8-6-11(17)10(16)7-9(8)15/h6-7H,4-5H2,1-3H3,(H,19,20). The molecular formula is C14H16Cl2FNO3. The molecule has 1 aromatic carbocycles. The lowest BCUT2D eigenvalue weighted by Gasteiger charge is -2.35. The number of nitrogens with zero attached hydrogens (tertiary/aromatic N) is 1. The maximum Gasteiger partial charge on any atom is 0.305 e. The quantitative estimate of drug-likeness (QED) is 0.850. The van der Waals surface area contributed by atoms with E-state index in [2.05, 4.69) is 0 Å². The van der Waals surface area contributed by atoms with Gasteiger partial charge in [0.25, 0.3) is 5.91 Å². The van der Waals surface area contributed by atoms with Crippen LogP contribution in [0.1, 0.15) is 37.6 Å². The first-order chi connectivity index (χ1) is 9.54. The Morgan fingerprint density at radius 2 is 1.81 bits per heavy atom. The zero-order chi connectivity index (χ0) is 16.4. The van der Waals surface area contributed by atoms with Gasteiger partial charge in [0, 0.05) is 12.1 Å². The van der Waals surface area contributed by atoms with E-state index >= 15 is 0 Å². The van der Waals surface area contributed by atoms with Crippen LogP contribution in [0.4, 0.5) is 4.39 Å². The van der Waals surface area contributed by atoms with E-state index in [0.29, 0.717) is 0 Å². The minimum Gasteiger partial charge on any atom is -0.481 e. The second-order valence-electron chi connectivity index (χ2n) is 5.52. The number of carboxylic acid groups (broad SMARTS) is 1. The van der Waals surface area contributed by atoms with Crippen LogP contribution in [-0.4, -0.2) is 34.0 Å². The number of carboxylic acids is 1. The van der Waals surface area contributed by atoms with Gasteiger partial charge in [0.2, 0.25) is 0 Å². The van der Waals surface area contributed by atoms with Gasteiger partial charge in [-0.25, -0.2) is 4.39 Å². The lowest BCUT2D eigenvalue weighted by atomic mass is 10.0. The van der Waals surface area contributed by atoms with Crippen molar-refractivity contribution >= 4 is 35.1 Å². The van der Waals surface area contributed by atoms with E-state index in [1.165, 1.54) is 4.90 Å². The summed E-state index contributed by atoms with van der Waals surface area (Å²) in [5, 5.41) is 8.62. The fourth-order valence-corrected chi connectivity index (χ4v) is 2.24. The summed E-state index contributed by atoms with van der Waals surface area (Å²) < 4.78 is 13.5. The maximum absolute atomic E-state index is 13.5. The SMILES string of the molecule is CC(C)(C)N(CCC(=O)O)C(=O)c1cc(F)c(Cl)cc1Cl. The lowest BCUT2D eigenvalue weighted by molar-refractivity contribution is -0.137. The fourth-order valence-electron chi connectivity index (χ4n) is 1.78. The molecule has 0 saturated carbocycles. The molecule has 0 unspecified atom stereocenters. The minimum atomic E-state index is -1.02. The second kappa shape index (κ2) is 6.62. The van der Waals surface area contributed by atoms with Crippen LogP contribution in [0.5, 0.6) is 0 Å². The van der Waals surface area contributed by atoms with E-state index in [-0.39, 0.29) is 28.6 Å². The van der Waals surface area contributed by atoms with Crippen LogP contribution in [-0.2, 0) is 4.79 Å². The number of hydrogen-bond donors (Lipinski definition) is 1. The van der Waals surface area contributed by atoms with Crippen LogP contribution < -0.4 is 0 Å². The molecule has 0 radical (unpaired) electrons. The number of amides is 1. The second-order valence-corrected chi connectivity index (χ2v) is 6.33. The van der Waals surface area contributed by atoms with Crippen LogP contribution in [0.2, 0.25) is 10.0 Å². The lowest BCUT2D eigenvalue weighted by Crippen LogP contribution is -2.46. The molecule has 116 valence electrons. The number of halogens is 3. The number of carbonyl (C=O) groups is 2. The van der Waals surface area contributed by atoms with Gasteiger partial charge in [0.15, 0.2) is 0 Å². The van der Waals surface area contributed by atoms with E-state index in [1.807, 2.05) is 0 Å². The molecule has 0 aliphatic heterocycles. The zero-order valence-electron chi connectivity index (χ0n) is 11.9. The molecule has 1 amide bonds. The number of rotatable bonds is 4. The molecule has 1 N–H and O–H groups in total. The number of aliphatic carboxylic acids is 1. The highest BCUT2D eigenvalue weighted by atomic mass is 35.5. The highest BCUT2D eigenvalue weighted by Gasteiger charge is 2.29. The monoisotopic (exact) mass is 335 g/mol. The average Bonchev–Trinajstić information content (AvgIpc) is 2.31. The summed E-state index contributed by atoms with van der Waals surface area (Å²) in [6.07, 6.45) is -0.212. The first kappa shape index (κ1) is 17.7. The summed E-state index contributed by atoms with van der Waals surface area (Å²) in [6, 6.07) is 2.12. The zero-order valence-corrected chi connectivity index (χ0v) is 13.4. The van der Waals surface area contributed by atoms with Crippen LogP contribution >= 0.6 is 23.2 Å². The van der Waals surface area contributed by atoms with Crippen molar-refractivity contribution in [3.63, 3.8) is 0 Å². The molecule has 0 aliphatic carbocycles. The van der Waals surface area contributed by atoms with Crippen LogP contribution in [0.15, 0.2) is 12.1 Å². The van der Waals surface area contributed by atoms with Crippen LogP contribution in [0, 0.1) is 5.82 Å². The van der Waals surface area contributed by atoms with Gasteiger partial charge in [-0.1, -0.05) is 23.2 Å². The van der Waals surface area contributed by atoms with Gasteiger partial charge in [-0.2, -0.15) is 0 Å². The van der Waals surface area contributed by atoms with Gasteiger partial charge in [-0.15, -0.1) is 0 Å². The molecule has 1 aromatic rings. The van der Waals surface area contributed by atoms with Crippen molar-refractivity contribution in [2.45, 2.75) is 32.7 Å². The first-order valence-electron chi connectivity index (χ1n) is 6.22. The van der Waals surface area contributed by atoms with Crippen LogP contribution in [0.3, 0.4) is 0 Å². The Morgan fingerprint density at radius 3 is 2.29 bits per heavy atom. The average molecular weight is 336 g/mol. The number of hydrogen-bond acceptors (Lipinski definition) is 2. The van der Waals surface area contributed by atoms with Gasteiger partial charge in [0.05, 0.1) is 22.0 Å². The van der Waals surface area contributed by atoms with E-state index in [0.717, 1.165) is 12.1 Å². The topological polar surface area (TPSA) is 57.6 Å². The third-order valence-electron chi connectivity index (χ3n) is 2.84. The van der Waals surface area contributed by atoms with Gasteiger partial charge in [-0.3, -0.25) is 9.59 Å². The Balaban J connectivity index is 3.17.